The van der Waals surface area contributed by atoms with Crippen molar-refractivity contribution in [2.24, 2.45) is 0 Å². The van der Waals surface area contributed by atoms with Gasteiger partial charge in [0.2, 0.25) is 5.91 Å². The second-order valence-electron chi connectivity index (χ2n) is 20.1. The van der Waals surface area contributed by atoms with E-state index in [0.717, 1.165) is 38.5 Å². The van der Waals surface area contributed by atoms with Gasteiger partial charge in [0.15, 0.2) is 6.29 Å². The molecule has 0 bridgehead atoms. The molecule has 1 amide bonds. The third-order valence-electron chi connectivity index (χ3n) is 14.0. The molecular weight excluding hydrogens is 803 g/mol. The van der Waals surface area contributed by atoms with Gasteiger partial charge in [-0.25, -0.2) is 0 Å². The van der Waals surface area contributed by atoms with E-state index >= 15 is 0 Å². The van der Waals surface area contributed by atoms with Gasteiger partial charge in [0.1, 0.15) is 24.4 Å². The lowest BCUT2D eigenvalue weighted by molar-refractivity contribution is -0.302. The smallest absolute Gasteiger partial charge is 0.220 e. The molecule has 0 spiro atoms. The highest BCUT2D eigenvalue weighted by Crippen LogP contribution is 2.23. The fourth-order valence-electron chi connectivity index (χ4n) is 9.46. The molecule has 9 heteroatoms. The molecule has 0 aromatic heterocycles. The van der Waals surface area contributed by atoms with Gasteiger partial charge in [-0.15, -0.1) is 0 Å². The Morgan fingerprint density at radius 2 is 0.781 bits per heavy atom. The molecule has 382 valence electrons. The van der Waals surface area contributed by atoms with Crippen LogP contribution in [0.1, 0.15) is 290 Å². The number of ether oxygens (including phenoxy) is 2. The lowest BCUT2D eigenvalue weighted by atomic mass is 9.99. The second kappa shape index (κ2) is 45.9. The molecule has 7 atom stereocenters. The van der Waals surface area contributed by atoms with E-state index in [1.54, 1.807) is 0 Å². The van der Waals surface area contributed by atoms with E-state index in [0.29, 0.717) is 12.8 Å². The Morgan fingerprint density at radius 1 is 0.469 bits per heavy atom. The molecule has 64 heavy (non-hydrogen) atoms. The summed E-state index contributed by atoms with van der Waals surface area (Å²) in [5.41, 5.74) is 0. The van der Waals surface area contributed by atoms with Gasteiger partial charge in [0.05, 0.1) is 25.4 Å². The van der Waals surface area contributed by atoms with Crippen molar-refractivity contribution in [2.75, 3.05) is 13.2 Å². The lowest BCUT2D eigenvalue weighted by Gasteiger charge is -2.40. The van der Waals surface area contributed by atoms with E-state index < -0.39 is 49.5 Å². The van der Waals surface area contributed by atoms with E-state index in [2.05, 4.69) is 19.2 Å². The predicted octanol–water partition coefficient (Wildman–Crippen LogP) is 13.5. The normalized spacial score (nSPS) is 19.9. The van der Waals surface area contributed by atoms with E-state index in [9.17, 15) is 30.3 Å². The minimum atomic E-state index is -1.55. The first-order valence-corrected chi connectivity index (χ1v) is 28.2. The summed E-state index contributed by atoms with van der Waals surface area (Å²) in [5, 5.41) is 54.6. The Hall–Kier alpha value is -0.810. The minimum Gasteiger partial charge on any atom is -0.394 e. The van der Waals surface area contributed by atoms with Crippen molar-refractivity contribution in [3.8, 4) is 0 Å². The molecule has 0 aliphatic carbocycles. The molecule has 1 heterocycles. The number of carbonyl (C=O) groups excluding carboxylic acids is 1. The summed E-state index contributed by atoms with van der Waals surface area (Å²) in [6.45, 7) is 3.88. The van der Waals surface area contributed by atoms with Crippen LogP contribution in [0.3, 0.4) is 0 Å². The fraction of sp³-hybridized carbons (Fsp3) is 0.982. The number of carbonyl (C=O) groups is 1. The zero-order chi connectivity index (χ0) is 46.6. The average molecular weight is 912 g/mol. The molecule has 1 aliphatic rings. The topological polar surface area (TPSA) is 149 Å². The van der Waals surface area contributed by atoms with Crippen LogP contribution in [-0.2, 0) is 14.3 Å². The number of nitrogens with one attached hydrogen (secondary N) is 1. The Kier molecular flexibility index (Phi) is 43.9. The summed E-state index contributed by atoms with van der Waals surface area (Å²) in [4.78, 5) is 13.1. The molecule has 0 radical (unpaired) electrons. The van der Waals surface area contributed by atoms with E-state index in [1.165, 1.54) is 225 Å². The first kappa shape index (κ1) is 61.2. The molecule has 0 aromatic rings. The Bertz CT molecular complexity index is 970. The van der Waals surface area contributed by atoms with Crippen LogP contribution in [0.2, 0.25) is 0 Å². The van der Waals surface area contributed by atoms with Gasteiger partial charge in [-0.2, -0.15) is 0 Å². The summed E-state index contributed by atoms with van der Waals surface area (Å²) in [7, 11) is 0. The van der Waals surface area contributed by atoms with Crippen molar-refractivity contribution in [3.05, 3.63) is 0 Å². The summed E-state index contributed by atoms with van der Waals surface area (Å²) in [6, 6.07) is -0.712. The molecule has 1 aliphatic heterocycles. The van der Waals surface area contributed by atoms with Gasteiger partial charge >= 0.3 is 0 Å². The van der Waals surface area contributed by atoms with E-state index in [4.69, 9.17) is 9.47 Å². The van der Waals surface area contributed by atoms with Gasteiger partial charge in [-0.3, -0.25) is 4.79 Å². The van der Waals surface area contributed by atoms with Crippen LogP contribution in [0.5, 0.6) is 0 Å². The number of aliphatic hydroxyl groups excluding tert-OH is 5. The third kappa shape index (κ3) is 35.3. The predicted molar refractivity (Wildman–Crippen MR) is 268 cm³/mol. The number of aliphatic hydroxyl groups is 5. The van der Waals surface area contributed by atoms with Crippen molar-refractivity contribution >= 4 is 5.91 Å². The van der Waals surface area contributed by atoms with Gasteiger partial charge in [0.25, 0.3) is 0 Å². The first-order valence-electron chi connectivity index (χ1n) is 28.2. The van der Waals surface area contributed by atoms with Gasteiger partial charge in [0, 0.05) is 6.42 Å². The van der Waals surface area contributed by atoms with Crippen molar-refractivity contribution < 1.29 is 39.8 Å². The average Bonchev–Trinajstić information content (AvgIpc) is 3.29. The maximum Gasteiger partial charge on any atom is 0.220 e. The maximum absolute atomic E-state index is 13.1. The standard InChI is InChI=1S/C55H109NO8/c1-3-5-7-9-11-13-15-17-19-20-21-22-23-24-25-26-27-28-29-31-33-35-37-39-41-43-45-51(59)56-48(47-63-55-54(62)53(61)52(60)50(46-57)64-55)49(58)44-42-40-38-36-34-32-30-18-16-14-12-10-8-6-4-2/h48-50,52-55,57-58,60-62H,3-47H2,1-2H3,(H,56,59). The van der Waals surface area contributed by atoms with Crippen molar-refractivity contribution in [1.29, 1.82) is 0 Å². The van der Waals surface area contributed by atoms with Crippen molar-refractivity contribution in [1.82, 2.24) is 5.32 Å². The monoisotopic (exact) mass is 912 g/mol. The molecule has 1 saturated heterocycles. The highest BCUT2D eigenvalue weighted by molar-refractivity contribution is 5.76. The zero-order valence-electron chi connectivity index (χ0n) is 42.3. The van der Waals surface area contributed by atoms with Crippen LogP contribution >= 0.6 is 0 Å². The lowest BCUT2D eigenvalue weighted by Crippen LogP contribution is -2.60. The summed E-state index contributed by atoms with van der Waals surface area (Å²) < 4.78 is 11.3. The summed E-state index contributed by atoms with van der Waals surface area (Å²) in [6.07, 6.45) is 47.0. The molecule has 1 fully saturated rings. The van der Waals surface area contributed by atoms with E-state index in [1.807, 2.05) is 0 Å². The summed E-state index contributed by atoms with van der Waals surface area (Å²) >= 11 is 0. The second-order valence-corrected chi connectivity index (χ2v) is 20.1. The molecule has 7 unspecified atom stereocenters. The zero-order valence-corrected chi connectivity index (χ0v) is 42.3. The Labute approximate surface area is 395 Å². The largest absolute Gasteiger partial charge is 0.394 e. The van der Waals surface area contributed by atoms with E-state index in [-0.39, 0.29) is 12.5 Å². The number of rotatable bonds is 49. The molecule has 6 N–H and O–H groups in total. The summed E-state index contributed by atoms with van der Waals surface area (Å²) in [5.74, 6) is -0.137. The maximum atomic E-state index is 13.1. The van der Waals surface area contributed by atoms with Crippen molar-refractivity contribution in [3.63, 3.8) is 0 Å². The molecule has 0 saturated carbocycles. The van der Waals surface area contributed by atoms with Crippen LogP contribution in [-0.4, -0.2) is 87.5 Å². The number of hydrogen-bond donors (Lipinski definition) is 6. The van der Waals surface area contributed by atoms with Crippen molar-refractivity contribution in [2.45, 2.75) is 333 Å². The molecule has 0 aromatic carbocycles. The molecular formula is C55H109NO8. The number of amides is 1. The molecule has 1 rings (SSSR count). The quantitative estimate of drug-likeness (QED) is 0.0331. The van der Waals surface area contributed by atoms with Crippen LogP contribution < -0.4 is 5.32 Å². The van der Waals surface area contributed by atoms with Crippen LogP contribution in [0.15, 0.2) is 0 Å². The highest BCUT2D eigenvalue weighted by Gasteiger charge is 2.44. The van der Waals surface area contributed by atoms with Crippen LogP contribution in [0.25, 0.3) is 0 Å². The Morgan fingerprint density at radius 3 is 1.11 bits per heavy atom. The highest BCUT2D eigenvalue weighted by atomic mass is 16.7. The minimum absolute atomic E-state index is 0.131. The third-order valence-corrected chi connectivity index (χ3v) is 14.0. The first-order chi connectivity index (χ1) is 31.3. The number of unbranched alkanes of at least 4 members (excludes halogenated alkanes) is 39. The van der Waals surface area contributed by atoms with Gasteiger partial charge in [-0.05, 0) is 12.8 Å². The fourth-order valence-corrected chi connectivity index (χ4v) is 9.46. The van der Waals surface area contributed by atoms with Gasteiger partial charge in [-0.1, -0.05) is 271 Å². The van der Waals surface area contributed by atoms with Gasteiger partial charge < -0.3 is 40.3 Å². The molecule has 9 nitrogen and oxygen atoms in total. The Balaban J connectivity index is 2.16. The SMILES string of the molecule is CCCCCCCCCCCCCCCCCCCCCCCCCCCCC(=O)NC(COC1OC(CO)C(O)C(O)C1O)C(O)CCCCCCCCCCCCCCCCC. The van der Waals surface area contributed by atoms with Crippen LogP contribution in [0.4, 0.5) is 0 Å². The number of hydrogen-bond acceptors (Lipinski definition) is 8. The van der Waals surface area contributed by atoms with Crippen LogP contribution in [0, 0.1) is 0 Å².